The van der Waals surface area contributed by atoms with Crippen molar-refractivity contribution in [1.82, 2.24) is 34.9 Å². The number of fused-ring (bicyclic) bond motifs is 1. The predicted octanol–water partition coefficient (Wildman–Crippen LogP) is 2.32. The second-order valence-electron chi connectivity index (χ2n) is 7.23. The monoisotopic (exact) mass is 390 g/mol. The first-order valence-corrected chi connectivity index (χ1v) is 9.61. The van der Waals surface area contributed by atoms with E-state index in [-0.39, 0.29) is 0 Å². The van der Waals surface area contributed by atoms with Crippen LogP contribution in [0, 0.1) is 6.92 Å². The molecule has 0 amide bonds. The molecule has 0 saturated carbocycles. The van der Waals surface area contributed by atoms with Crippen molar-refractivity contribution in [2.24, 2.45) is 7.05 Å². The number of aryl methyl sites for hydroxylation is 2. The van der Waals surface area contributed by atoms with Gasteiger partial charge in [-0.05, 0) is 44.2 Å². The van der Waals surface area contributed by atoms with Crippen molar-refractivity contribution < 1.29 is 4.74 Å². The lowest BCUT2D eigenvalue weighted by molar-refractivity contribution is 0.218. The quantitative estimate of drug-likeness (QED) is 0.522. The highest BCUT2D eigenvalue weighted by Gasteiger charge is 2.19. The first kappa shape index (κ1) is 17.6. The van der Waals surface area contributed by atoms with Crippen molar-refractivity contribution in [2.45, 2.75) is 19.4 Å². The van der Waals surface area contributed by atoms with Crippen LogP contribution in [0.4, 0.5) is 11.6 Å². The van der Waals surface area contributed by atoms with Crippen LogP contribution < -0.4 is 15.4 Å². The van der Waals surface area contributed by atoms with E-state index in [2.05, 4.69) is 37.1 Å². The Morgan fingerprint density at radius 1 is 1.21 bits per heavy atom. The van der Waals surface area contributed by atoms with E-state index in [0.717, 1.165) is 41.2 Å². The first-order valence-electron chi connectivity index (χ1n) is 9.61. The summed E-state index contributed by atoms with van der Waals surface area (Å²) in [5.74, 6) is 2.15. The van der Waals surface area contributed by atoms with Crippen molar-refractivity contribution in [3.8, 4) is 17.0 Å². The molecule has 1 atom stereocenters. The number of pyridine rings is 1. The summed E-state index contributed by atoms with van der Waals surface area (Å²) >= 11 is 0. The van der Waals surface area contributed by atoms with Crippen LogP contribution in [-0.4, -0.2) is 48.8 Å². The number of nitrogens with zero attached hydrogens (tertiary/aromatic N) is 6. The van der Waals surface area contributed by atoms with Crippen molar-refractivity contribution >= 4 is 17.2 Å². The number of rotatable bonds is 6. The molecule has 0 aliphatic carbocycles. The zero-order valence-corrected chi connectivity index (χ0v) is 16.3. The van der Waals surface area contributed by atoms with E-state index in [9.17, 15) is 0 Å². The summed E-state index contributed by atoms with van der Waals surface area (Å²) in [6.07, 6.45) is 4.86. The van der Waals surface area contributed by atoms with Crippen LogP contribution in [0.2, 0.25) is 0 Å². The molecule has 0 aromatic carbocycles. The fourth-order valence-corrected chi connectivity index (χ4v) is 3.33. The minimum absolute atomic E-state index is 0.430. The first-order chi connectivity index (χ1) is 14.2. The third-order valence-corrected chi connectivity index (χ3v) is 5.06. The predicted molar refractivity (Wildman–Crippen MR) is 109 cm³/mol. The molecular formula is C20H22N8O. The summed E-state index contributed by atoms with van der Waals surface area (Å²) in [6.45, 7) is 3.62. The van der Waals surface area contributed by atoms with Gasteiger partial charge in [-0.15, -0.1) is 5.10 Å². The van der Waals surface area contributed by atoms with Crippen molar-refractivity contribution in [3.05, 3.63) is 48.4 Å². The highest BCUT2D eigenvalue weighted by Crippen LogP contribution is 2.31. The van der Waals surface area contributed by atoms with E-state index in [1.165, 1.54) is 0 Å². The van der Waals surface area contributed by atoms with E-state index >= 15 is 0 Å². The maximum atomic E-state index is 6.03. The zero-order valence-electron chi connectivity index (χ0n) is 16.3. The molecule has 4 aromatic rings. The maximum absolute atomic E-state index is 6.03. The Morgan fingerprint density at radius 2 is 2.10 bits per heavy atom. The van der Waals surface area contributed by atoms with Gasteiger partial charge in [0.25, 0.3) is 0 Å². The van der Waals surface area contributed by atoms with Crippen LogP contribution >= 0.6 is 0 Å². The van der Waals surface area contributed by atoms with Gasteiger partial charge in [0.2, 0.25) is 0 Å². The van der Waals surface area contributed by atoms with E-state index in [1.807, 2.05) is 53.6 Å². The Balaban J connectivity index is 1.41. The Hall–Kier alpha value is -3.46. The van der Waals surface area contributed by atoms with Gasteiger partial charge >= 0.3 is 0 Å². The molecule has 5 heterocycles. The average Bonchev–Trinajstić information content (AvgIpc) is 3.24. The van der Waals surface area contributed by atoms with Gasteiger partial charge < -0.3 is 15.4 Å². The smallest absolute Gasteiger partial charge is 0.165 e. The van der Waals surface area contributed by atoms with Crippen LogP contribution in [0.15, 0.2) is 42.7 Å². The fourth-order valence-electron chi connectivity index (χ4n) is 3.33. The molecule has 1 aliphatic rings. The normalized spacial score (nSPS) is 16.0. The lowest BCUT2D eigenvalue weighted by Crippen LogP contribution is -2.46. The number of hydrogen-bond donors (Lipinski definition) is 2. The molecule has 1 aliphatic heterocycles. The number of aromatic nitrogens is 6. The molecule has 9 heteroatoms. The van der Waals surface area contributed by atoms with E-state index < -0.39 is 0 Å². The summed E-state index contributed by atoms with van der Waals surface area (Å²) in [7, 11) is 1.92. The van der Waals surface area contributed by atoms with Gasteiger partial charge in [0.1, 0.15) is 12.3 Å². The SMILES string of the molecule is Cc1ccc(Nc2cc3cc(-c4c(OC[C@H]5CCN5)cnn4C)ccn3n2)nn1. The lowest BCUT2D eigenvalue weighted by atomic mass is 10.1. The maximum Gasteiger partial charge on any atom is 0.165 e. The van der Waals surface area contributed by atoms with E-state index in [1.54, 1.807) is 6.20 Å². The average molecular weight is 390 g/mol. The zero-order chi connectivity index (χ0) is 19.8. The molecule has 29 heavy (non-hydrogen) atoms. The molecule has 1 saturated heterocycles. The molecule has 0 unspecified atom stereocenters. The third kappa shape index (κ3) is 3.52. The standard InChI is InChI=1S/C20H22N8O/c1-13-3-4-18(25-24-13)23-19-10-16-9-14(6-8-28(16)26-19)20-17(11-22-27(20)2)29-12-15-5-7-21-15/h3-4,6,8-11,15,21H,5,7,12H2,1-2H3,(H,23,25,26)/t15-/m1/s1. The minimum Gasteiger partial charge on any atom is -0.488 e. The van der Waals surface area contributed by atoms with Gasteiger partial charge in [-0.2, -0.15) is 15.3 Å². The van der Waals surface area contributed by atoms with Gasteiger partial charge in [0, 0.05) is 30.9 Å². The molecule has 1 fully saturated rings. The minimum atomic E-state index is 0.430. The Kier molecular flexibility index (Phi) is 4.36. The number of anilines is 2. The molecule has 148 valence electrons. The highest BCUT2D eigenvalue weighted by molar-refractivity contribution is 5.72. The number of nitrogens with one attached hydrogen (secondary N) is 2. The highest BCUT2D eigenvalue weighted by atomic mass is 16.5. The topological polar surface area (TPSA) is 94.2 Å². The largest absolute Gasteiger partial charge is 0.488 e. The van der Waals surface area contributed by atoms with Crippen molar-refractivity contribution in [1.29, 1.82) is 0 Å². The fraction of sp³-hybridized carbons (Fsp3) is 0.300. The molecule has 0 spiro atoms. The Labute approximate surface area is 167 Å². The molecule has 0 radical (unpaired) electrons. The lowest BCUT2D eigenvalue weighted by Gasteiger charge is -2.27. The van der Waals surface area contributed by atoms with Gasteiger partial charge in [0.05, 0.1) is 17.4 Å². The number of hydrogen-bond acceptors (Lipinski definition) is 7. The van der Waals surface area contributed by atoms with Crippen molar-refractivity contribution in [3.63, 3.8) is 0 Å². The summed E-state index contributed by atoms with van der Waals surface area (Å²) in [4.78, 5) is 0. The van der Waals surface area contributed by atoms with Crippen LogP contribution in [-0.2, 0) is 7.05 Å². The second kappa shape index (κ2) is 7.17. The van der Waals surface area contributed by atoms with Crippen LogP contribution in [0.3, 0.4) is 0 Å². The van der Waals surface area contributed by atoms with Gasteiger partial charge in [-0.3, -0.25) is 4.68 Å². The second-order valence-corrected chi connectivity index (χ2v) is 7.23. The molecule has 0 bridgehead atoms. The molecule has 2 N–H and O–H groups in total. The van der Waals surface area contributed by atoms with E-state index in [0.29, 0.717) is 24.3 Å². The van der Waals surface area contributed by atoms with Gasteiger partial charge in [-0.1, -0.05) is 0 Å². The van der Waals surface area contributed by atoms with Crippen LogP contribution in [0.5, 0.6) is 5.75 Å². The Bertz CT molecular complexity index is 1140. The summed E-state index contributed by atoms with van der Waals surface area (Å²) < 4.78 is 9.69. The molecule has 9 nitrogen and oxygen atoms in total. The van der Waals surface area contributed by atoms with Gasteiger partial charge in [0.15, 0.2) is 17.4 Å². The van der Waals surface area contributed by atoms with E-state index in [4.69, 9.17) is 4.74 Å². The third-order valence-electron chi connectivity index (χ3n) is 5.06. The van der Waals surface area contributed by atoms with Crippen LogP contribution in [0.1, 0.15) is 12.1 Å². The summed E-state index contributed by atoms with van der Waals surface area (Å²) in [6, 6.07) is 10.3. The summed E-state index contributed by atoms with van der Waals surface area (Å²) in [5, 5.41) is 23.7. The van der Waals surface area contributed by atoms with Crippen LogP contribution in [0.25, 0.3) is 16.8 Å². The summed E-state index contributed by atoms with van der Waals surface area (Å²) in [5.41, 5.74) is 3.80. The molecule has 4 aromatic heterocycles. The number of ether oxygens (including phenoxy) is 1. The van der Waals surface area contributed by atoms with Crippen molar-refractivity contribution in [2.75, 3.05) is 18.5 Å². The molecular weight excluding hydrogens is 368 g/mol. The van der Waals surface area contributed by atoms with Gasteiger partial charge in [-0.25, -0.2) is 4.52 Å². The molecule has 5 rings (SSSR count). The Morgan fingerprint density at radius 3 is 2.86 bits per heavy atom.